The van der Waals surface area contributed by atoms with Gasteiger partial charge in [0.25, 0.3) is 0 Å². The lowest BCUT2D eigenvalue weighted by Gasteiger charge is -2.09. The van der Waals surface area contributed by atoms with Gasteiger partial charge in [0.2, 0.25) is 0 Å². The smallest absolute Gasteiger partial charge is 0.119 e. The Hall–Kier alpha value is -2.12. The lowest BCUT2D eigenvalue weighted by atomic mass is 10.3. The molecule has 0 saturated carbocycles. The quantitative estimate of drug-likeness (QED) is 0.780. The maximum Gasteiger partial charge on any atom is 0.119 e. The Morgan fingerprint density at radius 1 is 1.14 bits per heavy atom. The summed E-state index contributed by atoms with van der Waals surface area (Å²) >= 11 is 0. The number of benzene rings is 1. The summed E-state index contributed by atoms with van der Waals surface area (Å²) in [6.07, 6.45) is 0. The molecule has 0 unspecified atom stereocenters. The Bertz CT molecular complexity index is 554. The van der Waals surface area contributed by atoms with Crippen LogP contribution in [0.15, 0.2) is 24.3 Å². The van der Waals surface area contributed by atoms with Gasteiger partial charge in [-0.1, -0.05) is 5.21 Å². The SMILES string of the molecule is COCc1c(CN)nnn1CCOc1ccc(OC)cc1. The lowest BCUT2D eigenvalue weighted by molar-refractivity contribution is 0.173. The third-order valence-corrected chi connectivity index (χ3v) is 3.02. The highest BCUT2D eigenvalue weighted by atomic mass is 16.5. The van der Waals surface area contributed by atoms with Crippen molar-refractivity contribution in [3.8, 4) is 11.5 Å². The van der Waals surface area contributed by atoms with Crippen molar-refractivity contribution in [2.24, 2.45) is 5.73 Å². The van der Waals surface area contributed by atoms with Crippen LogP contribution in [-0.2, 0) is 24.4 Å². The van der Waals surface area contributed by atoms with E-state index in [9.17, 15) is 0 Å². The highest BCUT2D eigenvalue weighted by Crippen LogP contribution is 2.17. The Morgan fingerprint density at radius 3 is 2.48 bits per heavy atom. The molecule has 114 valence electrons. The monoisotopic (exact) mass is 292 g/mol. The van der Waals surface area contributed by atoms with Crippen LogP contribution in [0.2, 0.25) is 0 Å². The molecule has 0 aliphatic heterocycles. The second kappa shape index (κ2) is 7.61. The van der Waals surface area contributed by atoms with Gasteiger partial charge in [-0.15, -0.1) is 5.10 Å². The van der Waals surface area contributed by atoms with E-state index in [1.807, 2.05) is 24.3 Å². The van der Waals surface area contributed by atoms with Crippen molar-refractivity contribution in [1.29, 1.82) is 0 Å². The van der Waals surface area contributed by atoms with Gasteiger partial charge in [0.15, 0.2) is 0 Å². The van der Waals surface area contributed by atoms with E-state index < -0.39 is 0 Å². The summed E-state index contributed by atoms with van der Waals surface area (Å²) in [5.74, 6) is 1.58. The van der Waals surface area contributed by atoms with Crippen LogP contribution in [0, 0.1) is 0 Å². The summed E-state index contributed by atoms with van der Waals surface area (Å²) in [4.78, 5) is 0. The van der Waals surface area contributed by atoms with Gasteiger partial charge in [-0.05, 0) is 24.3 Å². The van der Waals surface area contributed by atoms with Crippen LogP contribution >= 0.6 is 0 Å². The molecule has 0 saturated heterocycles. The van der Waals surface area contributed by atoms with E-state index in [1.54, 1.807) is 18.9 Å². The maximum atomic E-state index is 5.67. The number of nitrogens with two attached hydrogens (primary N) is 1. The molecule has 0 radical (unpaired) electrons. The van der Waals surface area contributed by atoms with E-state index in [1.165, 1.54) is 0 Å². The normalized spacial score (nSPS) is 10.6. The first-order valence-corrected chi connectivity index (χ1v) is 6.65. The highest BCUT2D eigenvalue weighted by Gasteiger charge is 2.11. The molecule has 0 amide bonds. The summed E-state index contributed by atoms with van der Waals surface area (Å²) in [6, 6.07) is 7.43. The van der Waals surface area contributed by atoms with Crippen molar-refractivity contribution in [3.63, 3.8) is 0 Å². The molecule has 0 atom stereocenters. The van der Waals surface area contributed by atoms with E-state index in [2.05, 4.69) is 10.3 Å². The molecule has 0 bridgehead atoms. The van der Waals surface area contributed by atoms with Gasteiger partial charge in [0, 0.05) is 13.7 Å². The van der Waals surface area contributed by atoms with Crippen LogP contribution in [0.1, 0.15) is 11.4 Å². The molecule has 0 aliphatic rings. The third kappa shape index (κ3) is 3.93. The first kappa shape index (κ1) is 15.3. The molecule has 0 fully saturated rings. The summed E-state index contributed by atoms with van der Waals surface area (Å²) in [7, 11) is 3.26. The molecule has 1 aromatic heterocycles. The highest BCUT2D eigenvalue weighted by molar-refractivity contribution is 5.31. The second-order valence-corrected chi connectivity index (χ2v) is 4.37. The van der Waals surface area contributed by atoms with Gasteiger partial charge in [-0.25, -0.2) is 4.68 Å². The molecule has 2 N–H and O–H groups in total. The zero-order valence-electron chi connectivity index (χ0n) is 12.3. The summed E-state index contributed by atoms with van der Waals surface area (Å²) in [6.45, 7) is 1.84. The van der Waals surface area contributed by atoms with Crippen molar-refractivity contribution in [1.82, 2.24) is 15.0 Å². The summed E-state index contributed by atoms with van der Waals surface area (Å²) < 4.78 is 17.7. The van der Waals surface area contributed by atoms with E-state index >= 15 is 0 Å². The van der Waals surface area contributed by atoms with Crippen molar-refractivity contribution in [3.05, 3.63) is 35.7 Å². The number of nitrogens with zero attached hydrogens (tertiary/aromatic N) is 3. The zero-order chi connectivity index (χ0) is 15.1. The topological polar surface area (TPSA) is 84.4 Å². The fourth-order valence-corrected chi connectivity index (χ4v) is 1.92. The van der Waals surface area contributed by atoms with E-state index in [4.69, 9.17) is 19.9 Å². The third-order valence-electron chi connectivity index (χ3n) is 3.02. The number of rotatable bonds is 8. The minimum Gasteiger partial charge on any atom is -0.497 e. The molecular formula is C14H20N4O3. The van der Waals surface area contributed by atoms with Crippen molar-refractivity contribution in [2.45, 2.75) is 19.7 Å². The van der Waals surface area contributed by atoms with Gasteiger partial charge in [0.05, 0.1) is 26.0 Å². The van der Waals surface area contributed by atoms with Crippen LogP contribution in [0.25, 0.3) is 0 Å². The van der Waals surface area contributed by atoms with Crippen LogP contribution in [-0.4, -0.2) is 35.8 Å². The summed E-state index contributed by atoms with van der Waals surface area (Å²) in [5, 5.41) is 8.11. The Kier molecular flexibility index (Phi) is 5.53. The lowest BCUT2D eigenvalue weighted by Crippen LogP contribution is -2.14. The first-order chi connectivity index (χ1) is 10.3. The predicted molar refractivity (Wildman–Crippen MR) is 77.1 cm³/mol. The molecule has 1 aromatic carbocycles. The molecule has 7 nitrogen and oxygen atoms in total. The van der Waals surface area contributed by atoms with Crippen molar-refractivity contribution in [2.75, 3.05) is 20.8 Å². The predicted octanol–water partition coefficient (Wildman–Crippen LogP) is 0.971. The van der Waals surface area contributed by atoms with E-state index in [0.29, 0.717) is 26.3 Å². The van der Waals surface area contributed by atoms with E-state index in [0.717, 1.165) is 22.9 Å². The molecule has 0 aliphatic carbocycles. The molecule has 21 heavy (non-hydrogen) atoms. The fraction of sp³-hybridized carbons (Fsp3) is 0.429. The number of hydrogen-bond donors (Lipinski definition) is 1. The Balaban J connectivity index is 1.91. The molecule has 7 heteroatoms. The van der Waals surface area contributed by atoms with Crippen LogP contribution in [0.5, 0.6) is 11.5 Å². The largest absolute Gasteiger partial charge is 0.497 e. The second-order valence-electron chi connectivity index (χ2n) is 4.37. The number of ether oxygens (including phenoxy) is 3. The van der Waals surface area contributed by atoms with Gasteiger partial charge in [-0.3, -0.25) is 0 Å². The molecule has 2 aromatic rings. The van der Waals surface area contributed by atoms with Crippen molar-refractivity contribution < 1.29 is 14.2 Å². The molecule has 1 heterocycles. The summed E-state index contributed by atoms with van der Waals surface area (Å²) in [5.41, 5.74) is 7.27. The maximum absolute atomic E-state index is 5.67. The van der Waals surface area contributed by atoms with Gasteiger partial charge in [0.1, 0.15) is 23.8 Å². The van der Waals surface area contributed by atoms with Gasteiger partial charge >= 0.3 is 0 Å². The van der Waals surface area contributed by atoms with Crippen LogP contribution in [0.3, 0.4) is 0 Å². The first-order valence-electron chi connectivity index (χ1n) is 6.65. The molecular weight excluding hydrogens is 272 g/mol. The standard InChI is InChI=1S/C14H20N4O3/c1-19-10-14-13(9-15)16-17-18(14)7-8-21-12-5-3-11(20-2)4-6-12/h3-6H,7-10,15H2,1-2H3. The number of methoxy groups -OCH3 is 2. The van der Waals surface area contributed by atoms with Gasteiger partial charge in [-0.2, -0.15) is 0 Å². The number of aromatic nitrogens is 3. The van der Waals surface area contributed by atoms with Crippen LogP contribution in [0.4, 0.5) is 0 Å². The van der Waals surface area contributed by atoms with Gasteiger partial charge < -0.3 is 19.9 Å². The van der Waals surface area contributed by atoms with Crippen molar-refractivity contribution >= 4 is 0 Å². The Labute approximate surface area is 123 Å². The average Bonchev–Trinajstić information content (AvgIpc) is 2.91. The average molecular weight is 292 g/mol. The minimum absolute atomic E-state index is 0.345. The molecule has 0 spiro atoms. The Morgan fingerprint density at radius 2 is 1.86 bits per heavy atom. The zero-order valence-corrected chi connectivity index (χ0v) is 12.3. The fourth-order valence-electron chi connectivity index (χ4n) is 1.92. The number of hydrogen-bond acceptors (Lipinski definition) is 6. The minimum atomic E-state index is 0.345. The van der Waals surface area contributed by atoms with Crippen LogP contribution < -0.4 is 15.2 Å². The van der Waals surface area contributed by atoms with E-state index in [-0.39, 0.29) is 0 Å². The molecule has 2 rings (SSSR count).